The second-order valence-corrected chi connectivity index (χ2v) is 7.20. The lowest BCUT2D eigenvalue weighted by Gasteiger charge is -2.09. The van der Waals surface area contributed by atoms with Gasteiger partial charge in [-0.2, -0.15) is 0 Å². The number of thioether (sulfide) groups is 1. The van der Waals surface area contributed by atoms with E-state index in [1.807, 2.05) is 31.2 Å². The number of hydrogen-bond acceptors (Lipinski definition) is 3. The van der Waals surface area contributed by atoms with Gasteiger partial charge in [-0.25, -0.2) is 4.79 Å². The Bertz CT molecular complexity index is 715. The molecule has 0 aliphatic rings. The van der Waals surface area contributed by atoms with E-state index in [9.17, 15) is 9.59 Å². The molecule has 0 saturated carbocycles. The standard InChI is InChI=1S/C20H25N3O2S/c1-15-3-7-17(8-4-15)13-22-20(25)23-14-19(24)21-11-12-26-18-9-5-16(2)6-10-18/h3-10H,11-14H2,1-2H3,(H,21,24)(H2,22,23,25). The van der Waals surface area contributed by atoms with Gasteiger partial charge in [-0.1, -0.05) is 47.5 Å². The van der Waals surface area contributed by atoms with Crippen LogP contribution in [0.5, 0.6) is 0 Å². The normalized spacial score (nSPS) is 10.2. The van der Waals surface area contributed by atoms with Gasteiger partial charge >= 0.3 is 6.03 Å². The van der Waals surface area contributed by atoms with Gasteiger partial charge in [-0.3, -0.25) is 4.79 Å². The predicted molar refractivity (Wildman–Crippen MR) is 106 cm³/mol. The van der Waals surface area contributed by atoms with E-state index in [4.69, 9.17) is 0 Å². The molecule has 0 radical (unpaired) electrons. The SMILES string of the molecule is Cc1ccc(CNC(=O)NCC(=O)NCCSc2ccc(C)cc2)cc1. The fourth-order valence-electron chi connectivity index (χ4n) is 2.17. The highest BCUT2D eigenvalue weighted by molar-refractivity contribution is 7.99. The van der Waals surface area contributed by atoms with Gasteiger partial charge in [-0.05, 0) is 31.5 Å². The average molecular weight is 372 g/mol. The predicted octanol–water partition coefficient (Wildman–Crippen LogP) is 3.01. The number of nitrogens with one attached hydrogen (secondary N) is 3. The Kier molecular flexibility index (Phi) is 8.02. The molecule has 3 amide bonds. The van der Waals surface area contributed by atoms with Crippen molar-refractivity contribution in [2.24, 2.45) is 0 Å². The van der Waals surface area contributed by atoms with Crippen molar-refractivity contribution in [3.8, 4) is 0 Å². The van der Waals surface area contributed by atoms with Crippen molar-refractivity contribution in [1.29, 1.82) is 0 Å². The Balaban J connectivity index is 1.55. The van der Waals surface area contributed by atoms with Crippen molar-refractivity contribution in [2.45, 2.75) is 25.3 Å². The fourth-order valence-corrected chi connectivity index (χ4v) is 2.94. The molecule has 0 fully saturated rings. The molecule has 0 aliphatic carbocycles. The van der Waals surface area contributed by atoms with Crippen LogP contribution < -0.4 is 16.0 Å². The summed E-state index contributed by atoms with van der Waals surface area (Å²) < 4.78 is 0. The van der Waals surface area contributed by atoms with Gasteiger partial charge in [0.2, 0.25) is 5.91 Å². The summed E-state index contributed by atoms with van der Waals surface area (Å²) in [6.07, 6.45) is 0. The molecule has 0 heterocycles. The molecule has 3 N–H and O–H groups in total. The lowest BCUT2D eigenvalue weighted by atomic mass is 10.1. The summed E-state index contributed by atoms with van der Waals surface area (Å²) in [5.74, 6) is 0.592. The van der Waals surface area contributed by atoms with Gasteiger partial charge in [0.25, 0.3) is 0 Å². The van der Waals surface area contributed by atoms with Crippen LogP contribution in [-0.4, -0.2) is 30.8 Å². The van der Waals surface area contributed by atoms with Crippen molar-refractivity contribution in [3.05, 3.63) is 65.2 Å². The van der Waals surface area contributed by atoms with Crippen LogP contribution in [0.4, 0.5) is 4.79 Å². The minimum Gasteiger partial charge on any atom is -0.354 e. The minimum absolute atomic E-state index is 0.0328. The summed E-state index contributed by atoms with van der Waals surface area (Å²) >= 11 is 1.69. The monoisotopic (exact) mass is 371 g/mol. The Labute approximate surface area is 159 Å². The van der Waals surface area contributed by atoms with E-state index in [1.165, 1.54) is 16.0 Å². The third kappa shape index (κ3) is 7.61. The zero-order chi connectivity index (χ0) is 18.8. The maximum atomic E-state index is 11.8. The quantitative estimate of drug-likeness (QED) is 0.493. The molecular weight excluding hydrogens is 346 g/mol. The van der Waals surface area contributed by atoms with Gasteiger partial charge in [0, 0.05) is 23.7 Å². The largest absolute Gasteiger partial charge is 0.354 e. The van der Waals surface area contributed by atoms with Crippen molar-refractivity contribution in [3.63, 3.8) is 0 Å². The van der Waals surface area contributed by atoms with Crippen molar-refractivity contribution >= 4 is 23.7 Å². The van der Waals surface area contributed by atoms with Crippen LogP contribution >= 0.6 is 11.8 Å². The molecule has 0 saturated heterocycles. The van der Waals surface area contributed by atoms with Crippen molar-refractivity contribution in [2.75, 3.05) is 18.8 Å². The molecule has 0 bridgehead atoms. The van der Waals surface area contributed by atoms with E-state index >= 15 is 0 Å². The molecule has 0 spiro atoms. The highest BCUT2D eigenvalue weighted by atomic mass is 32.2. The number of carbonyl (C=O) groups excluding carboxylic acids is 2. The summed E-state index contributed by atoms with van der Waals surface area (Å²) in [6.45, 7) is 5.03. The van der Waals surface area contributed by atoms with E-state index < -0.39 is 0 Å². The first kappa shape index (κ1) is 19.8. The lowest BCUT2D eigenvalue weighted by Crippen LogP contribution is -2.42. The average Bonchev–Trinajstić information content (AvgIpc) is 2.64. The molecule has 138 valence electrons. The molecular formula is C20H25N3O2S. The van der Waals surface area contributed by atoms with Gasteiger partial charge in [0.15, 0.2) is 0 Å². The second-order valence-electron chi connectivity index (χ2n) is 6.03. The number of urea groups is 1. The van der Waals surface area contributed by atoms with Gasteiger partial charge < -0.3 is 16.0 Å². The Morgan fingerprint density at radius 2 is 1.46 bits per heavy atom. The van der Waals surface area contributed by atoms with Crippen LogP contribution in [0.25, 0.3) is 0 Å². The van der Waals surface area contributed by atoms with Crippen LogP contribution in [0.15, 0.2) is 53.4 Å². The summed E-state index contributed by atoms with van der Waals surface area (Å²) in [5.41, 5.74) is 3.42. The third-order valence-corrected chi connectivity index (χ3v) is 4.71. The maximum Gasteiger partial charge on any atom is 0.315 e. The Hall–Kier alpha value is -2.47. The zero-order valence-electron chi connectivity index (χ0n) is 15.2. The number of amides is 3. The lowest BCUT2D eigenvalue weighted by molar-refractivity contribution is -0.119. The first-order valence-electron chi connectivity index (χ1n) is 8.56. The first-order valence-corrected chi connectivity index (χ1v) is 9.55. The van der Waals surface area contributed by atoms with Gasteiger partial charge in [0.05, 0.1) is 6.54 Å². The third-order valence-electron chi connectivity index (χ3n) is 3.70. The molecule has 0 aromatic heterocycles. The smallest absolute Gasteiger partial charge is 0.315 e. The first-order chi connectivity index (χ1) is 12.5. The maximum absolute atomic E-state index is 11.8. The van der Waals surface area contributed by atoms with Crippen LogP contribution in [0.3, 0.4) is 0 Å². The summed E-state index contributed by atoms with van der Waals surface area (Å²) in [7, 11) is 0. The number of benzene rings is 2. The van der Waals surface area contributed by atoms with E-state index in [0.717, 1.165) is 11.3 Å². The number of aryl methyl sites for hydroxylation is 2. The summed E-state index contributed by atoms with van der Waals surface area (Å²) in [6, 6.07) is 15.9. The van der Waals surface area contributed by atoms with Crippen molar-refractivity contribution < 1.29 is 9.59 Å². The molecule has 26 heavy (non-hydrogen) atoms. The van der Waals surface area contributed by atoms with Crippen molar-refractivity contribution in [1.82, 2.24) is 16.0 Å². The van der Waals surface area contributed by atoms with Gasteiger partial charge in [0.1, 0.15) is 0 Å². The van der Waals surface area contributed by atoms with Crippen LogP contribution in [0.1, 0.15) is 16.7 Å². The molecule has 0 atom stereocenters. The molecule has 0 unspecified atom stereocenters. The molecule has 2 rings (SSSR count). The fraction of sp³-hybridized carbons (Fsp3) is 0.300. The van der Waals surface area contributed by atoms with E-state index in [-0.39, 0.29) is 18.5 Å². The van der Waals surface area contributed by atoms with E-state index in [1.54, 1.807) is 11.8 Å². The second kappa shape index (κ2) is 10.5. The highest BCUT2D eigenvalue weighted by Gasteiger charge is 2.05. The zero-order valence-corrected chi connectivity index (χ0v) is 16.0. The van der Waals surface area contributed by atoms with Gasteiger partial charge in [-0.15, -0.1) is 11.8 Å². The highest BCUT2D eigenvalue weighted by Crippen LogP contribution is 2.17. The Morgan fingerprint density at radius 1 is 0.846 bits per heavy atom. The molecule has 6 heteroatoms. The minimum atomic E-state index is -0.352. The van der Waals surface area contributed by atoms with Crippen LogP contribution in [0, 0.1) is 13.8 Å². The Morgan fingerprint density at radius 3 is 2.12 bits per heavy atom. The van der Waals surface area contributed by atoms with E-state index in [0.29, 0.717) is 13.1 Å². The number of carbonyl (C=O) groups is 2. The topological polar surface area (TPSA) is 70.2 Å². The molecule has 2 aromatic rings. The van der Waals surface area contributed by atoms with Crippen LogP contribution in [-0.2, 0) is 11.3 Å². The molecule has 2 aromatic carbocycles. The molecule has 5 nitrogen and oxygen atoms in total. The summed E-state index contributed by atoms with van der Waals surface area (Å²) in [4.78, 5) is 24.7. The van der Waals surface area contributed by atoms with E-state index in [2.05, 4.69) is 47.1 Å². The van der Waals surface area contributed by atoms with Crippen LogP contribution in [0.2, 0.25) is 0 Å². The number of rotatable bonds is 8. The summed E-state index contributed by atoms with van der Waals surface area (Å²) in [5, 5.41) is 8.09. The number of hydrogen-bond donors (Lipinski definition) is 3. The molecule has 0 aliphatic heterocycles.